The molecule has 0 aromatic carbocycles. The molecule has 1 heterocycles. The summed E-state index contributed by atoms with van der Waals surface area (Å²) in [6.45, 7) is 3.71. The summed E-state index contributed by atoms with van der Waals surface area (Å²) in [6, 6.07) is 0. The Bertz CT molecular complexity index is 170. The van der Waals surface area contributed by atoms with Gasteiger partial charge in [-0.1, -0.05) is 0 Å². The number of hydrogen-bond acceptors (Lipinski definition) is 4. The predicted octanol–water partition coefficient (Wildman–Crippen LogP) is -0.812. The van der Waals surface area contributed by atoms with Gasteiger partial charge in [0.1, 0.15) is 0 Å². The van der Waals surface area contributed by atoms with Crippen molar-refractivity contribution in [3.05, 3.63) is 0 Å². The van der Waals surface area contributed by atoms with Gasteiger partial charge in [-0.2, -0.15) is 0 Å². The summed E-state index contributed by atoms with van der Waals surface area (Å²) in [5.41, 5.74) is 0. The lowest BCUT2D eigenvalue weighted by molar-refractivity contribution is -0.120. The van der Waals surface area contributed by atoms with Crippen molar-refractivity contribution in [2.24, 2.45) is 0 Å². The monoisotopic (exact) mass is 204 g/mol. The quantitative estimate of drug-likeness (QED) is 0.562. The van der Waals surface area contributed by atoms with E-state index < -0.39 is 6.10 Å². The van der Waals surface area contributed by atoms with E-state index in [1.807, 2.05) is 0 Å². The van der Waals surface area contributed by atoms with Crippen LogP contribution < -0.4 is 10.6 Å². The van der Waals surface area contributed by atoms with E-state index in [4.69, 9.17) is 5.11 Å². The van der Waals surface area contributed by atoms with E-state index in [1.165, 1.54) is 0 Å². The normalized spacial score (nSPS) is 25.2. The van der Waals surface area contributed by atoms with Crippen LogP contribution in [0.25, 0.3) is 0 Å². The molecular formula is C8H16N2O2S. The molecule has 1 fully saturated rings. The molecule has 4 nitrogen and oxygen atoms in total. The minimum Gasteiger partial charge on any atom is -0.392 e. The van der Waals surface area contributed by atoms with Gasteiger partial charge in [-0.05, 0) is 6.92 Å². The second-order valence-corrected chi connectivity index (χ2v) is 4.47. The zero-order valence-electron chi connectivity index (χ0n) is 7.75. The molecule has 1 saturated heterocycles. The lowest BCUT2D eigenvalue weighted by Crippen LogP contribution is -2.44. The first kappa shape index (κ1) is 10.8. The highest BCUT2D eigenvalue weighted by Gasteiger charge is 2.21. The van der Waals surface area contributed by atoms with Crippen molar-refractivity contribution < 1.29 is 9.90 Å². The maximum Gasteiger partial charge on any atom is 0.234 e. The van der Waals surface area contributed by atoms with Crippen molar-refractivity contribution in [1.29, 1.82) is 0 Å². The summed E-state index contributed by atoms with van der Waals surface area (Å²) in [5.74, 6) is 1.00. The third-order valence-electron chi connectivity index (χ3n) is 1.79. The van der Waals surface area contributed by atoms with Gasteiger partial charge in [0.25, 0.3) is 0 Å². The van der Waals surface area contributed by atoms with E-state index in [1.54, 1.807) is 18.7 Å². The number of amides is 1. The van der Waals surface area contributed by atoms with Gasteiger partial charge in [0.05, 0.1) is 11.4 Å². The number of hydrogen-bond donors (Lipinski definition) is 3. The lowest BCUT2D eigenvalue weighted by Gasteiger charge is -2.21. The van der Waals surface area contributed by atoms with Gasteiger partial charge < -0.3 is 15.7 Å². The Morgan fingerprint density at radius 3 is 3.15 bits per heavy atom. The zero-order chi connectivity index (χ0) is 9.68. The zero-order valence-corrected chi connectivity index (χ0v) is 8.56. The molecule has 5 heteroatoms. The first-order valence-electron chi connectivity index (χ1n) is 4.48. The van der Waals surface area contributed by atoms with Crippen LogP contribution in [0.1, 0.15) is 6.92 Å². The molecule has 3 N–H and O–H groups in total. The first-order valence-corrected chi connectivity index (χ1v) is 5.53. The highest BCUT2D eigenvalue weighted by molar-refractivity contribution is 8.00. The van der Waals surface area contributed by atoms with E-state index in [0.29, 0.717) is 6.54 Å². The van der Waals surface area contributed by atoms with Crippen molar-refractivity contribution in [3.63, 3.8) is 0 Å². The van der Waals surface area contributed by atoms with Crippen LogP contribution in [0, 0.1) is 0 Å². The van der Waals surface area contributed by atoms with Crippen LogP contribution in [0.3, 0.4) is 0 Å². The van der Waals surface area contributed by atoms with Gasteiger partial charge >= 0.3 is 0 Å². The predicted molar refractivity (Wildman–Crippen MR) is 53.8 cm³/mol. The molecule has 1 amide bonds. The summed E-state index contributed by atoms with van der Waals surface area (Å²) in [6.07, 6.45) is -0.467. The summed E-state index contributed by atoms with van der Waals surface area (Å²) in [5, 5.41) is 14.8. The molecule has 0 bridgehead atoms. The topological polar surface area (TPSA) is 61.4 Å². The van der Waals surface area contributed by atoms with Gasteiger partial charge in [-0.25, -0.2) is 0 Å². The number of carbonyl (C=O) groups is 1. The second-order valence-electron chi connectivity index (χ2n) is 3.16. The summed E-state index contributed by atoms with van der Waals surface area (Å²) in [4.78, 5) is 11.4. The number of aliphatic hydroxyl groups excluding tert-OH is 1. The van der Waals surface area contributed by atoms with E-state index in [9.17, 15) is 4.79 Å². The smallest absolute Gasteiger partial charge is 0.234 e. The highest BCUT2D eigenvalue weighted by Crippen LogP contribution is 2.12. The molecule has 76 valence electrons. The number of carbonyl (C=O) groups excluding carboxylic acids is 1. The molecule has 1 unspecified atom stereocenters. The maximum atomic E-state index is 11.4. The molecule has 0 aromatic heterocycles. The molecule has 0 spiro atoms. The number of thioether (sulfide) groups is 1. The standard InChI is InChI=1S/C8H16N2O2S/c1-6(11)4-10-8(12)7-5-9-2-3-13-7/h6-7,9,11H,2-5H2,1H3,(H,10,12)/t6-,7?/m0/s1. The molecule has 0 saturated carbocycles. The summed E-state index contributed by atoms with van der Waals surface area (Å²) in [7, 11) is 0. The number of rotatable bonds is 3. The van der Waals surface area contributed by atoms with Gasteiger partial charge in [0.2, 0.25) is 5.91 Å². The Labute approximate surface area is 82.5 Å². The Balaban J connectivity index is 2.21. The third-order valence-corrected chi connectivity index (χ3v) is 3.01. The molecular weight excluding hydrogens is 188 g/mol. The Hall–Kier alpha value is -0.260. The number of nitrogens with one attached hydrogen (secondary N) is 2. The Morgan fingerprint density at radius 1 is 1.85 bits per heavy atom. The van der Waals surface area contributed by atoms with Gasteiger partial charge in [-0.15, -0.1) is 11.8 Å². The SMILES string of the molecule is C[C@H](O)CNC(=O)C1CNCCS1. The van der Waals surface area contributed by atoms with Crippen LogP contribution in [0.2, 0.25) is 0 Å². The van der Waals surface area contributed by atoms with Crippen molar-refractivity contribution >= 4 is 17.7 Å². The molecule has 0 radical (unpaired) electrons. The minimum atomic E-state index is -0.467. The fourth-order valence-electron chi connectivity index (χ4n) is 1.10. The van der Waals surface area contributed by atoms with E-state index in [0.717, 1.165) is 18.8 Å². The fourth-order valence-corrected chi connectivity index (χ4v) is 2.11. The molecule has 1 aliphatic rings. The maximum absolute atomic E-state index is 11.4. The van der Waals surface area contributed by atoms with Gasteiger partial charge in [0, 0.05) is 25.4 Å². The molecule has 2 atom stereocenters. The summed E-state index contributed by atoms with van der Waals surface area (Å²) >= 11 is 1.67. The average molecular weight is 204 g/mol. The lowest BCUT2D eigenvalue weighted by atomic mass is 10.3. The fraction of sp³-hybridized carbons (Fsp3) is 0.875. The van der Waals surface area contributed by atoms with E-state index in [2.05, 4.69) is 10.6 Å². The van der Waals surface area contributed by atoms with Crippen LogP contribution in [-0.4, -0.2) is 47.8 Å². The van der Waals surface area contributed by atoms with Crippen molar-refractivity contribution in [2.45, 2.75) is 18.3 Å². The van der Waals surface area contributed by atoms with Crippen LogP contribution in [0.5, 0.6) is 0 Å². The molecule has 0 aliphatic carbocycles. The molecule has 13 heavy (non-hydrogen) atoms. The first-order chi connectivity index (χ1) is 6.20. The number of aliphatic hydroxyl groups is 1. The van der Waals surface area contributed by atoms with Gasteiger partial charge in [-0.3, -0.25) is 4.79 Å². The largest absolute Gasteiger partial charge is 0.392 e. The minimum absolute atomic E-state index is 0.00694. The van der Waals surface area contributed by atoms with E-state index in [-0.39, 0.29) is 11.2 Å². The molecule has 1 aliphatic heterocycles. The highest BCUT2D eigenvalue weighted by atomic mass is 32.2. The van der Waals surface area contributed by atoms with Crippen LogP contribution in [0.15, 0.2) is 0 Å². The third kappa shape index (κ3) is 3.97. The molecule has 0 aromatic rings. The molecule has 1 rings (SSSR count). The van der Waals surface area contributed by atoms with Crippen LogP contribution in [0.4, 0.5) is 0 Å². The van der Waals surface area contributed by atoms with Crippen molar-refractivity contribution in [2.75, 3.05) is 25.4 Å². The van der Waals surface area contributed by atoms with Crippen molar-refractivity contribution in [1.82, 2.24) is 10.6 Å². The van der Waals surface area contributed by atoms with Crippen LogP contribution >= 0.6 is 11.8 Å². The van der Waals surface area contributed by atoms with E-state index >= 15 is 0 Å². The second kappa shape index (κ2) is 5.47. The Kier molecular flexibility index (Phi) is 4.55. The van der Waals surface area contributed by atoms with Crippen molar-refractivity contribution in [3.8, 4) is 0 Å². The average Bonchev–Trinajstić information content (AvgIpc) is 2.15. The summed E-state index contributed by atoms with van der Waals surface area (Å²) < 4.78 is 0. The van der Waals surface area contributed by atoms with Crippen LogP contribution in [-0.2, 0) is 4.79 Å². The van der Waals surface area contributed by atoms with Gasteiger partial charge in [0.15, 0.2) is 0 Å². The Morgan fingerprint density at radius 2 is 2.62 bits per heavy atom.